The van der Waals surface area contributed by atoms with Crippen molar-refractivity contribution in [1.82, 2.24) is 4.90 Å². The summed E-state index contributed by atoms with van der Waals surface area (Å²) in [4.78, 5) is 56.0. The average Bonchev–Trinajstić information content (AvgIpc) is 3.41. The highest BCUT2D eigenvalue weighted by Gasteiger charge is 2.73. The van der Waals surface area contributed by atoms with Crippen LogP contribution < -0.4 is 5.32 Å². The van der Waals surface area contributed by atoms with E-state index >= 15 is 0 Å². The van der Waals surface area contributed by atoms with Crippen LogP contribution in [0.5, 0.6) is 0 Å². The van der Waals surface area contributed by atoms with E-state index in [2.05, 4.69) is 5.32 Å². The second kappa shape index (κ2) is 11.7. The molecule has 9 rings (SSSR count). The molecule has 3 amide bonds. The van der Waals surface area contributed by atoms with Gasteiger partial charge in [-0.15, -0.1) is 23.2 Å². The van der Waals surface area contributed by atoms with Gasteiger partial charge >= 0.3 is 0 Å². The van der Waals surface area contributed by atoms with Crippen molar-refractivity contribution < 1.29 is 19.2 Å². The lowest BCUT2D eigenvalue weighted by Crippen LogP contribution is -2.57. The first kappa shape index (κ1) is 31.5. The molecule has 0 radical (unpaired) electrons. The van der Waals surface area contributed by atoms with E-state index in [1.54, 1.807) is 42.5 Å². The van der Waals surface area contributed by atoms with Gasteiger partial charge in [-0.2, -0.15) is 0 Å². The molecule has 0 aromatic heterocycles. The molecular formula is C40H27Cl3N2O4. The summed E-state index contributed by atoms with van der Waals surface area (Å²) in [5.41, 5.74) is 4.18. The molecule has 1 saturated heterocycles. The van der Waals surface area contributed by atoms with E-state index in [-0.39, 0.29) is 23.5 Å². The Bertz CT molecular complexity index is 2070. The van der Waals surface area contributed by atoms with E-state index in [4.69, 9.17) is 34.8 Å². The van der Waals surface area contributed by atoms with Crippen LogP contribution in [-0.4, -0.2) is 34.4 Å². The third-order valence-corrected chi connectivity index (χ3v) is 11.5. The van der Waals surface area contributed by atoms with Crippen molar-refractivity contribution in [2.24, 2.45) is 11.8 Å². The van der Waals surface area contributed by atoms with Gasteiger partial charge in [0.2, 0.25) is 17.7 Å². The van der Waals surface area contributed by atoms with Crippen LogP contribution in [0.3, 0.4) is 0 Å². The number of anilines is 1. The van der Waals surface area contributed by atoms with Crippen molar-refractivity contribution in [3.05, 3.63) is 171 Å². The van der Waals surface area contributed by atoms with Crippen LogP contribution in [0, 0.1) is 11.8 Å². The minimum absolute atomic E-state index is 0.0175. The maximum Gasteiger partial charge on any atom is 0.248 e. The summed E-state index contributed by atoms with van der Waals surface area (Å²) in [5.74, 6) is -4.29. The molecule has 1 N–H and O–H groups in total. The van der Waals surface area contributed by atoms with Gasteiger partial charge in [0.05, 0.1) is 17.5 Å². The summed E-state index contributed by atoms with van der Waals surface area (Å²) in [5, 5.41) is 3.18. The fourth-order valence-corrected chi connectivity index (χ4v) is 9.18. The smallest absolute Gasteiger partial charge is 0.248 e. The molecule has 0 unspecified atom stereocenters. The number of rotatable bonds is 7. The van der Waals surface area contributed by atoms with Gasteiger partial charge in [-0.3, -0.25) is 24.1 Å². The van der Waals surface area contributed by atoms with Gasteiger partial charge in [0.15, 0.2) is 5.78 Å². The first-order valence-corrected chi connectivity index (χ1v) is 17.0. The molecule has 5 aromatic rings. The Labute approximate surface area is 297 Å². The largest absolute Gasteiger partial charge is 0.324 e. The van der Waals surface area contributed by atoms with Crippen molar-refractivity contribution >= 4 is 64.0 Å². The highest BCUT2D eigenvalue weighted by Crippen LogP contribution is 2.69. The van der Waals surface area contributed by atoms with Gasteiger partial charge in [0.1, 0.15) is 15.8 Å². The molecule has 1 heterocycles. The van der Waals surface area contributed by atoms with Crippen molar-refractivity contribution in [2.45, 2.75) is 22.2 Å². The molecule has 4 aliphatic rings. The van der Waals surface area contributed by atoms with E-state index in [1.807, 2.05) is 78.9 Å². The Morgan fingerprint density at radius 3 is 1.65 bits per heavy atom. The predicted molar refractivity (Wildman–Crippen MR) is 189 cm³/mol. The number of nitrogens with one attached hydrogen (secondary N) is 1. The lowest BCUT2D eigenvalue weighted by atomic mass is 9.54. The quantitative estimate of drug-likeness (QED) is 0.107. The van der Waals surface area contributed by atoms with E-state index in [0.717, 1.165) is 10.5 Å². The number of ketones is 1. The first-order valence-electron chi connectivity index (χ1n) is 15.8. The van der Waals surface area contributed by atoms with E-state index in [0.29, 0.717) is 32.8 Å². The Hall–Kier alpha value is -4.75. The summed E-state index contributed by atoms with van der Waals surface area (Å²) >= 11 is 21.6. The molecular weight excluding hydrogens is 679 g/mol. The molecule has 49 heavy (non-hydrogen) atoms. The minimum atomic E-state index is -1.39. The van der Waals surface area contributed by atoms with Gasteiger partial charge in [0.25, 0.3) is 0 Å². The van der Waals surface area contributed by atoms with Crippen LogP contribution in [0.25, 0.3) is 0 Å². The van der Waals surface area contributed by atoms with Crippen molar-refractivity contribution in [2.75, 3.05) is 5.32 Å². The van der Waals surface area contributed by atoms with Gasteiger partial charge in [-0.25, -0.2) is 0 Å². The molecule has 1 aliphatic heterocycles. The SMILES string of the molecule is O=C(c1ccccc1)c1cc(Cl)ccc1NC(=O)[C@@H](Cc1ccccc1)N1C(=O)[C@@H]2[C@H](C1=O)C1(Cl)c3ccccc3C2(Cl)c2ccccc21. The van der Waals surface area contributed by atoms with Crippen LogP contribution in [0.4, 0.5) is 5.69 Å². The summed E-state index contributed by atoms with van der Waals surface area (Å²) in [7, 11) is 0. The zero-order chi connectivity index (χ0) is 34.1. The molecule has 1 fully saturated rings. The van der Waals surface area contributed by atoms with Crippen LogP contribution in [0.15, 0.2) is 127 Å². The Morgan fingerprint density at radius 1 is 0.673 bits per heavy atom. The number of hydrogen-bond acceptors (Lipinski definition) is 4. The monoisotopic (exact) mass is 704 g/mol. The molecule has 242 valence electrons. The number of nitrogens with zero attached hydrogens (tertiary/aromatic N) is 1. The summed E-state index contributed by atoms with van der Waals surface area (Å²) in [6, 6.07) is 35.8. The normalized spacial score (nSPS) is 23.8. The molecule has 3 atom stereocenters. The number of carbonyl (C=O) groups excluding carboxylic acids is 4. The maximum atomic E-state index is 14.8. The van der Waals surface area contributed by atoms with Gasteiger partial charge in [-0.05, 0) is 46.0 Å². The van der Waals surface area contributed by atoms with Crippen LogP contribution in [0.2, 0.25) is 5.02 Å². The second-order valence-corrected chi connectivity index (χ2v) is 14.2. The van der Waals surface area contributed by atoms with Crippen LogP contribution in [0.1, 0.15) is 43.7 Å². The number of hydrogen-bond donors (Lipinski definition) is 1. The van der Waals surface area contributed by atoms with Crippen molar-refractivity contribution in [3.8, 4) is 0 Å². The summed E-state index contributed by atoms with van der Waals surface area (Å²) < 4.78 is 0. The highest BCUT2D eigenvalue weighted by molar-refractivity contribution is 6.36. The second-order valence-electron chi connectivity index (χ2n) is 12.6. The lowest BCUT2D eigenvalue weighted by molar-refractivity contribution is -0.146. The van der Waals surface area contributed by atoms with Gasteiger partial charge < -0.3 is 5.32 Å². The minimum Gasteiger partial charge on any atom is -0.324 e. The molecule has 5 aromatic carbocycles. The van der Waals surface area contributed by atoms with E-state index < -0.39 is 45.3 Å². The number of benzene rings is 5. The molecule has 0 saturated carbocycles. The number of imide groups is 1. The topological polar surface area (TPSA) is 83.6 Å². The van der Waals surface area contributed by atoms with Crippen LogP contribution in [-0.2, 0) is 30.6 Å². The molecule has 9 heteroatoms. The number of carbonyl (C=O) groups is 4. The van der Waals surface area contributed by atoms with E-state index in [1.165, 1.54) is 6.07 Å². The Morgan fingerprint density at radius 2 is 1.14 bits per heavy atom. The van der Waals surface area contributed by atoms with Crippen molar-refractivity contribution in [3.63, 3.8) is 0 Å². The average molecular weight is 706 g/mol. The van der Waals surface area contributed by atoms with Gasteiger partial charge in [0, 0.05) is 22.6 Å². The zero-order valence-electron chi connectivity index (χ0n) is 25.8. The lowest BCUT2D eigenvalue weighted by Gasteiger charge is -2.54. The molecule has 0 spiro atoms. The third kappa shape index (κ3) is 4.62. The van der Waals surface area contributed by atoms with Crippen LogP contribution >= 0.6 is 34.8 Å². The molecule has 6 nitrogen and oxygen atoms in total. The first-order chi connectivity index (χ1) is 23.7. The van der Waals surface area contributed by atoms with Crippen molar-refractivity contribution in [1.29, 1.82) is 0 Å². The maximum absolute atomic E-state index is 14.8. The number of amides is 3. The standard InChI is InChI=1S/C40H27Cl3N2O4/c41-25-19-20-31(26(22-25)35(46)24-13-5-2-6-14-24)44-36(47)32(21-23-11-3-1-4-12-23)45-37(48)33-34(38(45)49)40(43)28-16-8-7-15-27(28)39(33,42)29-17-9-10-18-30(29)40/h1-20,22,32-34H,21H2,(H,44,47)/t32-,33-,34+,39?,40?/m1/s1. The fourth-order valence-electron chi connectivity index (χ4n) is 7.91. The molecule has 2 bridgehead atoms. The Balaban J connectivity index is 1.23. The summed E-state index contributed by atoms with van der Waals surface area (Å²) in [6.07, 6.45) is 0.0175. The predicted octanol–water partition coefficient (Wildman–Crippen LogP) is 7.71. The number of alkyl halides is 2. The number of likely N-dealkylation sites (tertiary alicyclic amines) is 1. The summed E-state index contributed by atoms with van der Waals surface area (Å²) in [6.45, 7) is 0. The van der Waals surface area contributed by atoms with Gasteiger partial charge in [-0.1, -0.05) is 121 Å². The Kier molecular flexibility index (Phi) is 7.52. The third-order valence-electron chi connectivity index (χ3n) is 10.0. The fraction of sp³-hybridized carbons (Fsp3) is 0.150. The number of halogens is 3. The molecule has 3 aliphatic carbocycles. The highest BCUT2D eigenvalue weighted by atomic mass is 35.5. The van der Waals surface area contributed by atoms with E-state index in [9.17, 15) is 19.2 Å². The zero-order valence-corrected chi connectivity index (χ0v) is 28.0.